The summed E-state index contributed by atoms with van der Waals surface area (Å²) in [5.74, 6) is -3.93. The van der Waals surface area contributed by atoms with E-state index in [0.717, 1.165) is 25.1 Å². The van der Waals surface area contributed by atoms with Gasteiger partial charge >= 0.3 is 0 Å². The van der Waals surface area contributed by atoms with Gasteiger partial charge in [0.1, 0.15) is 17.7 Å². The maximum Gasteiger partial charge on any atom is 0.249 e. The van der Waals surface area contributed by atoms with Crippen molar-refractivity contribution in [3.63, 3.8) is 0 Å². The second-order valence-electron chi connectivity index (χ2n) is 10.4. The molecule has 3 aromatic carbocycles. The van der Waals surface area contributed by atoms with E-state index in [-0.39, 0.29) is 41.1 Å². The number of nitrogens with two attached hydrogens (primary N) is 1. The zero-order valence-corrected chi connectivity index (χ0v) is 22.9. The highest BCUT2D eigenvalue weighted by Gasteiger charge is 2.52. The van der Waals surface area contributed by atoms with E-state index in [2.05, 4.69) is 5.32 Å². The summed E-state index contributed by atoms with van der Waals surface area (Å²) in [5.41, 5.74) is 3.26. The molecule has 1 saturated carbocycles. The third kappa shape index (κ3) is 5.37. The van der Waals surface area contributed by atoms with Crippen LogP contribution in [0.3, 0.4) is 0 Å². The number of fused-ring (bicyclic) bond motifs is 1. The molecule has 3 atom stereocenters. The van der Waals surface area contributed by atoms with Crippen molar-refractivity contribution in [3.05, 3.63) is 81.9 Å². The lowest BCUT2D eigenvalue weighted by Crippen LogP contribution is -2.48. The van der Waals surface area contributed by atoms with Gasteiger partial charge in [-0.25, -0.2) is 13.2 Å². The zero-order chi connectivity index (χ0) is 29.5. The van der Waals surface area contributed by atoms with Crippen molar-refractivity contribution < 1.29 is 37.7 Å². The molecule has 5 rings (SSSR count). The molecule has 0 radical (unpaired) electrons. The van der Waals surface area contributed by atoms with E-state index < -0.39 is 51.9 Å². The summed E-state index contributed by atoms with van der Waals surface area (Å²) in [7, 11) is 0. The Labute approximate surface area is 240 Å². The first-order chi connectivity index (χ1) is 19.5. The minimum Gasteiger partial charge on any atom is -0.478 e. The van der Waals surface area contributed by atoms with Crippen molar-refractivity contribution >= 4 is 17.5 Å². The number of rotatable bonds is 8. The Morgan fingerprint density at radius 1 is 1.15 bits per heavy atom. The minimum absolute atomic E-state index is 0.0220. The molecule has 41 heavy (non-hydrogen) atoms. The van der Waals surface area contributed by atoms with Gasteiger partial charge in [0.15, 0.2) is 17.2 Å². The average molecular weight is 591 g/mol. The average Bonchev–Trinajstić information content (AvgIpc) is 3.22. The highest BCUT2D eigenvalue weighted by molar-refractivity contribution is 6.34. The number of amides is 1. The van der Waals surface area contributed by atoms with Gasteiger partial charge < -0.3 is 30.7 Å². The number of hydrogen-bond acceptors (Lipinski definition) is 6. The standard InChI is InChI=1S/C30H30ClF3N2O5/c1-15(32)40-21-12-11-19(29(35)39)23(27(21)34)25-24-22(13-20(33)26(25)31)41-30(28(24)38,16-5-3-2-4-6-16)14-36-17-7-9-18(37)10-8-17/h2-6,11-13,15,17-18,28,36-38H,7-10,14H2,1H3,(H2,35,39)/t15?,17-,18-,28-,30+/m0/s1. The molecule has 2 aliphatic rings. The number of primary amides is 1. The Hall–Kier alpha value is -3.31. The van der Waals surface area contributed by atoms with Gasteiger partial charge in [-0.2, -0.15) is 0 Å². The molecular weight excluding hydrogens is 561 g/mol. The number of hydrogen-bond donors (Lipinski definition) is 4. The number of nitrogens with one attached hydrogen (secondary N) is 1. The molecule has 0 spiro atoms. The van der Waals surface area contributed by atoms with E-state index in [4.69, 9.17) is 26.8 Å². The highest BCUT2D eigenvalue weighted by Crippen LogP contribution is 2.55. The molecule has 1 unspecified atom stereocenters. The van der Waals surface area contributed by atoms with Crippen LogP contribution in [0.5, 0.6) is 11.5 Å². The number of ether oxygens (including phenoxy) is 2. The third-order valence-corrected chi connectivity index (χ3v) is 8.12. The maximum absolute atomic E-state index is 15.9. The second-order valence-corrected chi connectivity index (χ2v) is 10.8. The normalized spacial score (nSPS) is 24.4. The predicted octanol–water partition coefficient (Wildman–Crippen LogP) is 5.29. The van der Waals surface area contributed by atoms with Crippen molar-refractivity contribution in [3.8, 4) is 22.6 Å². The molecule has 1 heterocycles. The fourth-order valence-corrected chi connectivity index (χ4v) is 5.97. The molecule has 11 heteroatoms. The molecule has 1 fully saturated rings. The summed E-state index contributed by atoms with van der Waals surface area (Å²) in [4.78, 5) is 12.4. The van der Waals surface area contributed by atoms with E-state index in [1.807, 2.05) is 0 Å². The minimum atomic E-state index is -1.91. The number of carbonyl (C=O) groups is 1. The Morgan fingerprint density at radius 3 is 2.46 bits per heavy atom. The summed E-state index contributed by atoms with van der Waals surface area (Å²) in [6.07, 6.45) is -1.15. The smallest absolute Gasteiger partial charge is 0.249 e. The van der Waals surface area contributed by atoms with Crippen molar-refractivity contribution in [2.45, 2.75) is 62.8 Å². The van der Waals surface area contributed by atoms with Crippen LogP contribution in [-0.4, -0.2) is 41.2 Å². The molecule has 0 bridgehead atoms. The largest absolute Gasteiger partial charge is 0.478 e. The summed E-state index contributed by atoms with van der Waals surface area (Å²) >= 11 is 6.42. The number of alkyl halides is 1. The fourth-order valence-electron chi connectivity index (χ4n) is 5.72. The van der Waals surface area contributed by atoms with E-state index in [9.17, 15) is 19.4 Å². The van der Waals surface area contributed by atoms with Crippen LogP contribution in [0.4, 0.5) is 13.2 Å². The molecular formula is C30H30ClF3N2O5. The van der Waals surface area contributed by atoms with Crippen molar-refractivity contribution in [1.29, 1.82) is 0 Å². The topological polar surface area (TPSA) is 114 Å². The molecule has 0 aromatic heterocycles. The van der Waals surface area contributed by atoms with Crippen molar-refractivity contribution in [1.82, 2.24) is 5.32 Å². The summed E-state index contributed by atoms with van der Waals surface area (Å²) in [6.45, 7) is 1.11. The van der Waals surface area contributed by atoms with E-state index in [1.54, 1.807) is 30.3 Å². The zero-order valence-electron chi connectivity index (χ0n) is 22.2. The van der Waals surface area contributed by atoms with Gasteiger partial charge in [0.25, 0.3) is 0 Å². The molecule has 3 aromatic rings. The molecule has 1 amide bonds. The quantitative estimate of drug-likeness (QED) is 0.283. The lowest BCUT2D eigenvalue weighted by Gasteiger charge is -2.36. The maximum atomic E-state index is 15.9. The van der Waals surface area contributed by atoms with Crippen LogP contribution >= 0.6 is 11.6 Å². The Morgan fingerprint density at radius 2 is 1.83 bits per heavy atom. The molecule has 0 saturated heterocycles. The van der Waals surface area contributed by atoms with E-state index in [1.165, 1.54) is 0 Å². The SMILES string of the molecule is CC(F)Oc1ccc(C(N)=O)c(-c2c(Cl)c(F)cc3c2[C@H](O)[C@@](CN[C@H]2CC[C@H](O)CC2)(c2ccccc2)O3)c1F. The number of benzene rings is 3. The Bertz CT molecular complexity index is 1450. The monoisotopic (exact) mass is 590 g/mol. The first-order valence-corrected chi connectivity index (χ1v) is 13.7. The first-order valence-electron chi connectivity index (χ1n) is 13.3. The molecule has 1 aliphatic carbocycles. The molecule has 1 aliphatic heterocycles. The van der Waals surface area contributed by atoms with Gasteiger partial charge in [-0.3, -0.25) is 4.79 Å². The van der Waals surface area contributed by atoms with Crippen molar-refractivity contribution in [2.75, 3.05) is 6.54 Å². The number of halogens is 4. The van der Waals surface area contributed by atoms with Crippen LogP contribution in [-0.2, 0) is 5.60 Å². The highest BCUT2D eigenvalue weighted by atomic mass is 35.5. The van der Waals surface area contributed by atoms with Crippen LogP contribution in [0.15, 0.2) is 48.5 Å². The molecule has 5 N–H and O–H groups in total. The van der Waals surface area contributed by atoms with Crippen LogP contribution in [0.2, 0.25) is 5.02 Å². The summed E-state index contributed by atoms with van der Waals surface area (Å²) in [6, 6.07) is 12.0. The van der Waals surface area contributed by atoms with Gasteiger partial charge in [-0.05, 0) is 43.4 Å². The van der Waals surface area contributed by atoms with Crippen LogP contribution < -0.4 is 20.5 Å². The molecule has 7 nitrogen and oxygen atoms in total. The van der Waals surface area contributed by atoms with Crippen LogP contribution in [0.25, 0.3) is 11.1 Å². The number of aliphatic hydroxyl groups excluding tert-OH is 2. The van der Waals surface area contributed by atoms with Gasteiger partial charge in [-0.1, -0.05) is 41.9 Å². The van der Waals surface area contributed by atoms with Gasteiger partial charge in [0.05, 0.1) is 16.7 Å². The van der Waals surface area contributed by atoms with Crippen LogP contribution in [0, 0.1) is 11.6 Å². The third-order valence-electron chi connectivity index (χ3n) is 7.75. The van der Waals surface area contributed by atoms with E-state index >= 15 is 8.78 Å². The second kappa shape index (κ2) is 11.5. The fraction of sp³-hybridized carbons (Fsp3) is 0.367. The van der Waals surface area contributed by atoms with Gasteiger partial charge in [0, 0.05) is 42.3 Å². The number of aliphatic hydroxyl groups is 2. The summed E-state index contributed by atoms with van der Waals surface area (Å²) < 4.78 is 56.2. The van der Waals surface area contributed by atoms with Crippen molar-refractivity contribution in [2.24, 2.45) is 5.73 Å². The number of carbonyl (C=O) groups excluding carboxylic acids is 1. The Kier molecular flexibility index (Phi) is 8.20. The first kappa shape index (κ1) is 29.2. The summed E-state index contributed by atoms with van der Waals surface area (Å²) in [5, 5.41) is 24.7. The lowest BCUT2D eigenvalue weighted by molar-refractivity contribution is -0.0348. The van der Waals surface area contributed by atoms with E-state index in [0.29, 0.717) is 31.2 Å². The lowest BCUT2D eigenvalue weighted by atomic mass is 9.82. The Balaban J connectivity index is 1.68. The van der Waals surface area contributed by atoms with Gasteiger partial charge in [-0.15, -0.1) is 0 Å². The van der Waals surface area contributed by atoms with Crippen LogP contribution in [0.1, 0.15) is 60.2 Å². The van der Waals surface area contributed by atoms with Gasteiger partial charge in [0.2, 0.25) is 12.3 Å². The molecule has 218 valence electrons. The predicted molar refractivity (Wildman–Crippen MR) is 146 cm³/mol.